The van der Waals surface area contributed by atoms with Gasteiger partial charge >= 0.3 is 0 Å². The molecule has 0 unspecified atom stereocenters. The minimum absolute atomic E-state index is 0.367. The van der Waals surface area contributed by atoms with Crippen LogP contribution in [0.4, 0.5) is 0 Å². The smallest absolute Gasteiger partial charge is 0.222 e. The van der Waals surface area contributed by atoms with Crippen molar-refractivity contribution in [1.29, 1.82) is 0 Å². The fourth-order valence-corrected chi connectivity index (χ4v) is 2.22. The zero-order chi connectivity index (χ0) is 10.4. The molecule has 1 heterocycles. The summed E-state index contributed by atoms with van der Waals surface area (Å²) >= 11 is 1.82. The van der Waals surface area contributed by atoms with Crippen LogP contribution >= 0.6 is 11.8 Å². The van der Waals surface area contributed by atoms with Gasteiger partial charge < -0.3 is 4.90 Å². The molecule has 1 rings (SSSR count). The third kappa shape index (κ3) is 3.91. The quantitative estimate of drug-likeness (QED) is 0.671. The predicted molar refractivity (Wildman–Crippen MR) is 62.6 cm³/mol. The third-order valence-corrected chi connectivity index (χ3v) is 3.57. The summed E-state index contributed by atoms with van der Waals surface area (Å²) in [6.07, 6.45) is 6.25. The lowest BCUT2D eigenvalue weighted by molar-refractivity contribution is -0.132. The van der Waals surface area contributed by atoms with Gasteiger partial charge in [0, 0.05) is 19.5 Å². The zero-order valence-corrected chi connectivity index (χ0v) is 10.1. The van der Waals surface area contributed by atoms with Crippen LogP contribution in [-0.4, -0.2) is 35.9 Å². The predicted octanol–water partition coefficient (Wildman–Crippen LogP) is 2.39. The van der Waals surface area contributed by atoms with E-state index >= 15 is 0 Å². The van der Waals surface area contributed by atoms with Crippen molar-refractivity contribution in [3.63, 3.8) is 0 Å². The molecule has 1 saturated heterocycles. The van der Waals surface area contributed by atoms with Crippen LogP contribution in [0, 0.1) is 5.92 Å². The molecule has 0 aromatic heterocycles. The van der Waals surface area contributed by atoms with Crippen LogP contribution in [0.2, 0.25) is 0 Å². The summed E-state index contributed by atoms with van der Waals surface area (Å²) < 4.78 is 0. The van der Waals surface area contributed by atoms with E-state index in [9.17, 15) is 4.79 Å². The van der Waals surface area contributed by atoms with Crippen LogP contribution in [0.3, 0.4) is 0 Å². The number of carbonyl (C=O) groups excluding carboxylic acids is 1. The number of thioether (sulfide) groups is 1. The number of piperidine rings is 1. The van der Waals surface area contributed by atoms with Crippen molar-refractivity contribution in [1.82, 2.24) is 4.90 Å². The van der Waals surface area contributed by atoms with Crippen LogP contribution < -0.4 is 0 Å². The Kier molecular flexibility index (Phi) is 5.38. The van der Waals surface area contributed by atoms with E-state index in [0.29, 0.717) is 5.91 Å². The van der Waals surface area contributed by atoms with Crippen molar-refractivity contribution < 1.29 is 4.79 Å². The number of amides is 1. The number of hydrogen-bond donors (Lipinski definition) is 0. The monoisotopic (exact) mass is 215 g/mol. The highest BCUT2D eigenvalue weighted by atomic mass is 32.2. The molecule has 0 aromatic rings. The van der Waals surface area contributed by atoms with Crippen LogP contribution in [0.1, 0.15) is 32.6 Å². The lowest BCUT2D eigenvalue weighted by atomic mass is 9.99. The molecule has 0 aliphatic carbocycles. The molecule has 0 N–H and O–H groups in total. The maximum atomic E-state index is 11.7. The standard InChI is InChI=1S/C11H21NOS/c1-10-5-7-12(8-6-10)11(13)4-3-9-14-2/h10H,3-9H2,1-2H3. The highest BCUT2D eigenvalue weighted by molar-refractivity contribution is 7.98. The Hall–Kier alpha value is -0.180. The topological polar surface area (TPSA) is 20.3 Å². The molecule has 0 atom stereocenters. The summed E-state index contributed by atoms with van der Waals surface area (Å²) in [4.78, 5) is 13.7. The van der Waals surface area contributed by atoms with E-state index in [1.54, 1.807) is 0 Å². The van der Waals surface area contributed by atoms with Crippen LogP contribution in [0.15, 0.2) is 0 Å². The van der Waals surface area contributed by atoms with Gasteiger partial charge in [-0.05, 0) is 37.2 Å². The van der Waals surface area contributed by atoms with Crippen molar-refractivity contribution in [2.24, 2.45) is 5.92 Å². The van der Waals surface area contributed by atoms with Gasteiger partial charge in [0.2, 0.25) is 5.91 Å². The second kappa shape index (κ2) is 6.33. The van der Waals surface area contributed by atoms with Gasteiger partial charge in [-0.25, -0.2) is 0 Å². The van der Waals surface area contributed by atoms with Gasteiger partial charge in [-0.15, -0.1) is 0 Å². The highest BCUT2D eigenvalue weighted by Crippen LogP contribution is 2.17. The molecule has 1 fully saturated rings. The zero-order valence-electron chi connectivity index (χ0n) is 9.29. The summed E-state index contributed by atoms with van der Waals surface area (Å²) in [5.74, 6) is 2.28. The van der Waals surface area contributed by atoms with E-state index in [2.05, 4.69) is 13.2 Å². The highest BCUT2D eigenvalue weighted by Gasteiger charge is 2.19. The fraction of sp³-hybridized carbons (Fsp3) is 0.909. The Labute approximate surface area is 91.4 Å². The van der Waals surface area contributed by atoms with Crippen LogP contribution in [-0.2, 0) is 4.79 Å². The molecule has 14 heavy (non-hydrogen) atoms. The van der Waals surface area contributed by atoms with Crippen molar-refractivity contribution in [2.75, 3.05) is 25.1 Å². The maximum Gasteiger partial charge on any atom is 0.222 e. The first kappa shape index (κ1) is 11.9. The Balaban J connectivity index is 2.17. The summed E-state index contributed by atoms with van der Waals surface area (Å²) in [6, 6.07) is 0. The molecular formula is C11H21NOS. The van der Waals surface area contributed by atoms with Gasteiger partial charge in [-0.1, -0.05) is 6.92 Å². The molecule has 0 radical (unpaired) electrons. The first-order chi connectivity index (χ1) is 6.74. The second-order valence-electron chi connectivity index (χ2n) is 4.16. The van der Waals surface area contributed by atoms with Crippen molar-refractivity contribution in [2.45, 2.75) is 32.6 Å². The normalized spacial score (nSPS) is 18.6. The second-order valence-corrected chi connectivity index (χ2v) is 5.15. The van der Waals surface area contributed by atoms with E-state index < -0.39 is 0 Å². The Bertz CT molecular complexity index is 176. The minimum atomic E-state index is 0.367. The van der Waals surface area contributed by atoms with E-state index in [4.69, 9.17) is 0 Å². The summed E-state index contributed by atoms with van der Waals surface area (Å²) in [5.41, 5.74) is 0. The summed E-state index contributed by atoms with van der Waals surface area (Å²) in [7, 11) is 0. The lowest BCUT2D eigenvalue weighted by Crippen LogP contribution is -2.37. The summed E-state index contributed by atoms with van der Waals surface area (Å²) in [5, 5.41) is 0. The van der Waals surface area contributed by atoms with Crippen molar-refractivity contribution in [3.8, 4) is 0 Å². The Morgan fingerprint density at radius 3 is 2.64 bits per heavy atom. The van der Waals surface area contributed by atoms with Crippen LogP contribution in [0.5, 0.6) is 0 Å². The molecule has 2 nitrogen and oxygen atoms in total. The first-order valence-corrected chi connectivity index (χ1v) is 6.90. The molecule has 1 aliphatic heterocycles. The van der Waals surface area contributed by atoms with Crippen LogP contribution in [0.25, 0.3) is 0 Å². The molecule has 0 bridgehead atoms. The van der Waals surface area contributed by atoms with Gasteiger partial charge in [0.25, 0.3) is 0 Å². The average Bonchev–Trinajstić information content (AvgIpc) is 2.19. The minimum Gasteiger partial charge on any atom is -0.343 e. The van der Waals surface area contributed by atoms with Crippen molar-refractivity contribution in [3.05, 3.63) is 0 Å². The molecule has 0 saturated carbocycles. The van der Waals surface area contributed by atoms with E-state index in [0.717, 1.165) is 37.6 Å². The van der Waals surface area contributed by atoms with Gasteiger partial charge in [-0.3, -0.25) is 4.79 Å². The third-order valence-electron chi connectivity index (χ3n) is 2.88. The van der Waals surface area contributed by atoms with Gasteiger partial charge in [0.05, 0.1) is 0 Å². The SMILES string of the molecule is CSCCCC(=O)N1CCC(C)CC1. The average molecular weight is 215 g/mol. The van der Waals surface area contributed by atoms with E-state index in [1.165, 1.54) is 12.8 Å². The molecular weight excluding hydrogens is 194 g/mol. The van der Waals surface area contributed by atoms with Crippen molar-refractivity contribution >= 4 is 17.7 Å². The van der Waals surface area contributed by atoms with E-state index in [-0.39, 0.29) is 0 Å². The molecule has 82 valence electrons. The number of rotatable bonds is 4. The maximum absolute atomic E-state index is 11.7. The number of nitrogens with zero attached hydrogens (tertiary/aromatic N) is 1. The van der Waals surface area contributed by atoms with Gasteiger partial charge in [0.1, 0.15) is 0 Å². The van der Waals surface area contributed by atoms with E-state index in [1.807, 2.05) is 16.7 Å². The number of carbonyl (C=O) groups is 1. The molecule has 1 aliphatic rings. The van der Waals surface area contributed by atoms with Gasteiger partial charge in [-0.2, -0.15) is 11.8 Å². The first-order valence-electron chi connectivity index (χ1n) is 5.50. The molecule has 3 heteroatoms. The lowest BCUT2D eigenvalue weighted by Gasteiger charge is -2.30. The number of hydrogen-bond acceptors (Lipinski definition) is 2. The fourth-order valence-electron chi connectivity index (χ4n) is 1.78. The Morgan fingerprint density at radius 2 is 2.07 bits per heavy atom. The molecule has 0 spiro atoms. The molecule has 1 amide bonds. The molecule has 0 aromatic carbocycles. The van der Waals surface area contributed by atoms with Gasteiger partial charge in [0.15, 0.2) is 0 Å². The Morgan fingerprint density at radius 1 is 1.43 bits per heavy atom. The summed E-state index contributed by atoms with van der Waals surface area (Å²) in [6.45, 7) is 4.24. The number of likely N-dealkylation sites (tertiary alicyclic amines) is 1. The largest absolute Gasteiger partial charge is 0.343 e.